The molecule has 1 rings (SSSR count). The molecular formula is C10H5F6NO2. The molecule has 0 spiro atoms. The van der Waals surface area contributed by atoms with Crippen LogP contribution in [0.2, 0.25) is 0 Å². The Morgan fingerprint density at radius 1 is 1.21 bits per heavy atom. The van der Waals surface area contributed by atoms with Gasteiger partial charge in [-0.15, -0.1) is 0 Å². The molecule has 3 nitrogen and oxygen atoms in total. The molecule has 0 aliphatic heterocycles. The van der Waals surface area contributed by atoms with Crippen molar-refractivity contribution in [2.45, 2.75) is 12.4 Å². The van der Waals surface area contributed by atoms with E-state index in [1.807, 2.05) is 0 Å². The molecule has 1 aromatic rings. The van der Waals surface area contributed by atoms with Crippen molar-refractivity contribution in [2.75, 3.05) is 0 Å². The topological polar surface area (TPSA) is 50.2 Å². The largest absolute Gasteiger partial charge is 0.507 e. The van der Waals surface area contributed by atoms with E-state index >= 15 is 0 Å². The van der Waals surface area contributed by atoms with Gasteiger partial charge in [-0.05, 0) is 12.1 Å². The number of aliphatic hydroxyl groups excluding tert-OH is 1. The molecule has 0 aromatic carbocycles. The Kier molecular flexibility index (Phi) is 3.87. The number of hydrogen-bond donors (Lipinski definition) is 1. The summed E-state index contributed by atoms with van der Waals surface area (Å²) >= 11 is 0. The van der Waals surface area contributed by atoms with Gasteiger partial charge in [0.2, 0.25) is 0 Å². The van der Waals surface area contributed by atoms with Gasteiger partial charge in [-0.2, -0.15) is 26.3 Å². The van der Waals surface area contributed by atoms with Gasteiger partial charge in [0.1, 0.15) is 11.5 Å². The molecule has 1 aromatic heterocycles. The summed E-state index contributed by atoms with van der Waals surface area (Å²) < 4.78 is 72.5. The maximum atomic E-state index is 12.3. The zero-order valence-corrected chi connectivity index (χ0v) is 8.88. The van der Waals surface area contributed by atoms with Gasteiger partial charge >= 0.3 is 12.4 Å². The number of nitrogens with zero attached hydrogens (tertiary/aromatic N) is 1. The van der Waals surface area contributed by atoms with E-state index in [9.17, 15) is 36.2 Å². The quantitative estimate of drug-likeness (QED) is 0.516. The molecule has 0 saturated carbocycles. The summed E-state index contributed by atoms with van der Waals surface area (Å²) in [4.78, 5) is 13.5. The van der Waals surface area contributed by atoms with Gasteiger partial charge in [-0.25, -0.2) is 0 Å². The number of halogens is 6. The van der Waals surface area contributed by atoms with E-state index in [-0.39, 0.29) is 6.08 Å². The number of aliphatic hydroxyl groups is 1. The third-order valence-corrected chi connectivity index (χ3v) is 1.89. The average Bonchev–Trinajstić information content (AvgIpc) is 2.26. The first-order valence-electron chi connectivity index (χ1n) is 4.57. The summed E-state index contributed by atoms with van der Waals surface area (Å²) in [5.74, 6) is -3.61. The molecule has 0 amide bonds. The van der Waals surface area contributed by atoms with Crippen molar-refractivity contribution in [3.05, 3.63) is 35.7 Å². The van der Waals surface area contributed by atoms with Gasteiger partial charge in [0, 0.05) is 17.8 Å². The van der Waals surface area contributed by atoms with Crippen molar-refractivity contribution in [1.29, 1.82) is 0 Å². The van der Waals surface area contributed by atoms with Crippen LogP contribution in [-0.4, -0.2) is 22.1 Å². The van der Waals surface area contributed by atoms with Crippen LogP contribution in [0.5, 0.6) is 0 Å². The lowest BCUT2D eigenvalue weighted by Crippen LogP contribution is -2.20. The van der Waals surface area contributed by atoms with Gasteiger partial charge in [0.15, 0.2) is 0 Å². The van der Waals surface area contributed by atoms with Crippen LogP contribution in [0.25, 0.3) is 5.76 Å². The number of rotatable bonds is 2. The van der Waals surface area contributed by atoms with Crippen LogP contribution in [0, 0.1) is 0 Å². The maximum absolute atomic E-state index is 12.3. The number of pyridine rings is 1. The molecule has 1 heterocycles. The van der Waals surface area contributed by atoms with Crippen LogP contribution in [0.4, 0.5) is 26.3 Å². The first-order valence-corrected chi connectivity index (χ1v) is 4.57. The van der Waals surface area contributed by atoms with Crippen molar-refractivity contribution < 1.29 is 36.2 Å². The van der Waals surface area contributed by atoms with Crippen LogP contribution in [0.1, 0.15) is 11.3 Å². The first-order chi connectivity index (χ1) is 8.51. The molecule has 0 aliphatic carbocycles. The Morgan fingerprint density at radius 2 is 1.79 bits per heavy atom. The van der Waals surface area contributed by atoms with Gasteiger partial charge in [-0.1, -0.05) is 0 Å². The fourth-order valence-electron chi connectivity index (χ4n) is 1.03. The fraction of sp³-hybridized carbons (Fsp3) is 0.200. The normalized spacial score (nSPS) is 13.5. The summed E-state index contributed by atoms with van der Waals surface area (Å²) in [5.41, 5.74) is -2.00. The van der Waals surface area contributed by atoms with Gasteiger partial charge in [0.25, 0.3) is 5.78 Å². The van der Waals surface area contributed by atoms with Crippen molar-refractivity contribution in [2.24, 2.45) is 0 Å². The molecule has 0 saturated heterocycles. The van der Waals surface area contributed by atoms with E-state index in [2.05, 4.69) is 4.98 Å². The highest BCUT2D eigenvalue weighted by Gasteiger charge is 2.37. The second-order valence-electron chi connectivity index (χ2n) is 3.32. The first kappa shape index (κ1) is 15.0. The molecule has 1 N–H and O–H groups in total. The number of ketones is 1. The molecule has 0 aliphatic rings. The SMILES string of the molecule is O=C(C=C(O)c1ccnc(C(F)(F)F)c1)C(F)(F)F. The smallest absolute Gasteiger partial charge is 0.454 e. The predicted molar refractivity (Wildman–Crippen MR) is 50.9 cm³/mol. The van der Waals surface area contributed by atoms with Crippen molar-refractivity contribution in [1.82, 2.24) is 4.98 Å². The zero-order chi connectivity index (χ0) is 14.8. The average molecular weight is 285 g/mol. The highest BCUT2D eigenvalue weighted by molar-refractivity contribution is 5.99. The third kappa shape index (κ3) is 3.97. The molecular weight excluding hydrogens is 280 g/mol. The summed E-state index contributed by atoms with van der Waals surface area (Å²) in [6.45, 7) is 0. The van der Waals surface area contributed by atoms with Crippen molar-refractivity contribution >= 4 is 11.5 Å². The maximum Gasteiger partial charge on any atom is 0.454 e. The highest BCUT2D eigenvalue weighted by Crippen LogP contribution is 2.29. The molecule has 0 unspecified atom stereocenters. The number of carbonyl (C=O) groups excluding carboxylic acids is 1. The van der Waals surface area contributed by atoms with E-state index in [1.54, 1.807) is 0 Å². The van der Waals surface area contributed by atoms with Gasteiger partial charge in [-0.3, -0.25) is 9.78 Å². The van der Waals surface area contributed by atoms with Crippen LogP contribution in [0.3, 0.4) is 0 Å². The molecule has 0 fully saturated rings. The van der Waals surface area contributed by atoms with Crippen LogP contribution in [0.15, 0.2) is 24.4 Å². The Balaban J connectivity index is 3.11. The minimum atomic E-state index is -5.21. The Morgan fingerprint density at radius 3 is 2.26 bits per heavy atom. The Bertz CT molecular complexity index is 517. The van der Waals surface area contributed by atoms with Gasteiger partial charge in [0.05, 0.1) is 0 Å². The van der Waals surface area contributed by atoms with Crippen LogP contribution in [-0.2, 0) is 11.0 Å². The standard InChI is InChI=1S/C10H5F6NO2/c11-9(12,13)7-3-5(1-2-17-7)6(18)4-8(19)10(14,15)16/h1-4,18H. The predicted octanol–water partition coefficient (Wildman–Crippen LogP) is 3.13. The lowest BCUT2D eigenvalue weighted by Gasteiger charge is -2.07. The fourth-order valence-corrected chi connectivity index (χ4v) is 1.03. The van der Waals surface area contributed by atoms with E-state index in [1.165, 1.54) is 0 Å². The van der Waals surface area contributed by atoms with E-state index in [0.717, 1.165) is 6.07 Å². The Hall–Kier alpha value is -2.06. The summed E-state index contributed by atoms with van der Waals surface area (Å²) in [5, 5.41) is 9.19. The van der Waals surface area contributed by atoms with Crippen molar-refractivity contribution in [3.8, 4) is 0 Å². The highest BCUT2D eigenvalue weighted by atomic mass is 19.4. The molecule has 0 atom stereocenters. The lowest BCUT2D eigenvalue weighted by molar-refractivity contribution is -0.165. The monoisotopic (exact) mass is 285 g/mol. The van der Waals surface area contributed by atoms with E-state index in [4.69, 9.17) is 0 Å². The molecule has 0 radical (unpaired) electrons. The third-order valence-electron chi connectivity index (χ3n) is 1.89. The van der Waals surface area contributed by atoms with E-state index in [0.29, 0.717) is 12.3 Å². The minimum Gasteiger partial charge on any atom is -0.507 e. The summed E-state index contributed by atoms with van der Waals surface area (Å²) in [7, 11) is 0. The second kappa shape index (κ2) is 4.90. The molecule has 0 bridgehead atoms. The molecule has 9 heteroatoms. The number of aromatic nitrogens is 1. The number of allylic oxidation sites excluding steroid dienone is 1. The van der Waals surface area contributed by atoms with Gasteiger partial charge < -0.3 is 5.11 Å². The van der Waals surface area contributed by atoms with Crippen LogP contribution >= 0.6 is 0 Å². The number of carbonyl (C=O) groups is 1. The zero-order valence-electron chi connectivity index (χ0n) is 8.88. The molecule has 104 valence electrons. The minimum absolute atomic E-state index is 0.199. The van der Waals surface area contributed by atoms with Crippen LogP contribution < -0.4 is 0 Å². The number of alkyl halides is 6. The van der Waals surface area contributed by atoms with Crippen molar-refractivity contribution in [3.63, 3.8) is 0 Å². The molecule has 19 heavy (non-hydrogen) atoms. The Labute approximate surface area is 102 Å². The summed E-state index contributed by atoms with van der Waals surface area (Å²) in [6.07, 6.45) is -9.58. The second-order valence-corrected chi connectivity index (χ2v) is 3.32. The summed E-state index contributed by atoms with van der Waals surface area (Å²) in [6, 6.07) is 1.17. The number of hydrogen-bond acceptors (Lipinski definition) is 3. The lowest BCUT2D eigenvalue weighted by atomic mass is 10.1. The van der Waals surface area contributed by atoms with E-state index < -0.39 is 35.2 Å².